The predicted octanol–water partition coefficient (Wildman–Crippen LogP) is 1.80. The quantitative estimate of drug-likeness (QED) is 0.571. The lowest BCUT2D eigenvalue weighted by Crippen LogP contribution is -2.48. The molecule has 8 heteroatoms. The third-order valence-corrected chi connectivity index (χ3v) is 3.27. The van der Waals surface area contributed by atoms with Crippen molar-refractivity contribution < 1.29 is 22.0 Å². The summed E-state index contributed by atoms with van der Waals surface area (Å²) in [5.74, 6) is -2.84. The standard InChI is InChI=1S/C12H22F5N3/c1-19-5-7-20(8-6-19)10-11(13,14)3-2-4-18-9-12(15,16)17/h18H,2-10H2,1H3. The van der Waals surface area contributed by atoms with Crippen LogP contribution in [-0.2, 0) is 0 Å². The highest BCUT2D eigenvalue weighted by molar-refractivity contribution is 4.77. The molecule has 20 heavy (non-hydrogen) atoms. The van der Waals surface area contributed by atoms with Crippen molar-refractivity contribution in [2.75, 3.05) is 52.9 Å². The number of hydrogen-bond acceptors (Lipinski definition) is 3. The van der Waals surface area contributed by atoms with Gasteiger partial charge in [-0.3, -0.25) is 4.90 Å². The Morgan fingerprint density at radius 1 is 1.00 bits per heavy atom. The van der Waals surface area contributed by atoms with Gasteiger partial charge in [0.15, 0.2) is 0 Å². The molecule has 0 unspecified atom stereocenters. The van der Waals surface area contributed by atoms with Crippen LogP contribution in [0.1, 0.15) is 12.8 Å². The molecule has 0 aliphatic carbocycles. The number of alkyl halides is 5. The van der Waals surface area contributed by atoms with E-state index in [9.17, 15) is 22.0 Å². The molecule has 0 saturated carbocycles. The molecule has 1 fully saturated rings. The molecule has 1 aliphatic rings. The number of halogens is 5. The smallest absolute Gasteiger partial charge is 0.309 e. The van der Waals surface area contributed by atoms with E-state index in [4.69, 9.17) is 0 Å². The monoisotopic (exact) mass is 303 g/mol. The van der Waals surface area contributed by atoms with Crippen LogP contribution in [0, 0.1) is 0 Å². The van der Waals surface area contributed by atoms with Gasteiger partial charge in [-0.1, -0.05) is 0 Å². The van der Waals surface area contributed by atoms with Gasteiger partial charge in [0.1, 0.15) is 0 Å². The molecule has 0 amide bonds. The zero-order valence-corrected chi connectivity index (χ0v) is 11.6. The van der Waals surface area contributed by atoms with Crippen LogP contribution in [-0.4, -0.2) is 74.8 Å². The summed E-state index contributed by atoms with van der Waals surface area (Å²) in [5.41, 5.74) is 0. The second-order valence-corrected chi connectivity index (χ2v) is 5.33. The van der Waals surface area contributed by atoms with Crippen LogP contribution in [0.3, 0.4) is 0 Å². The highest BCUT2D eigenvalue weighted by atomic mass is 19.4. The summed E-state index contributed by atoms with van der Waals surface area (Å²) in [6.45, 7) is 1.28. The van der Waals surface area contributed by atoms with Crippen molar-refractivity contribution in [2.24, 2.45) is 0 Å². The van der Waals surface area contributed by atoms with Gasteiger partial charge in [0.2, 0.25) is 0 Å². The van der Waals surface area contributed by atoms with E-state index in [1.807, 2.05) is 7.05 Å². The van der Waals surface area contributed by atoms with Gasteiger partial charge in [0, 0.05) is 32.6 Å². The van der Waals surface area contributed by atoms with E-state index in [0.29, 0.717) is 13.1 Å². The van der Waals surface area contributed by atoms with E-state index in [1.54, 1.807) is 4.90 Å². The minimum absolute atomic E-state index is 0.0385. The third-order valence-electron chi connectivity index (χ3n) is 3.27. The number of rotatable bonds is 7. The van der Waals surface area contributed by atoms with Gasteiger partial charge in [-0.25, -0.2) is 8.78 Å². The summed E-state index contributed by atoms with van der Waals surface area (Å²) >= 11 is 0. The van der Waals surface area contributed by atoms with E-state index in [0.717, 1.165) is 13.1 Å². The minimum atomic E-state index is -4.29. The average molecular weight is 303 g/mol. The zero-order chi connectivity index (χ0) is 15.2. The summed E-state index contributed by atoms with van der Waals surface area (Å²) in [6.07, 6.45) is -4.64. The Morgan fingerprint density at radius 3 is 2.15 bits per heavy atom. The molecule has 0 aromatic heterocycles. The minimum Gasteiger partial charge on any atom is -0.309 e. The molecule has 0 spiro atoms. The fourth-order valence-corrected chi connectivity index (χ4v) is 2.11. The van der Waals surface area contributed by atoms with Gasteiger partial charge >= 0.3 is 6.18 Å². The van der Waals surface area contributed by atoms with Crippen LogP contribution >= 0.6 is 0 Å². The first kappa shape index (κ1) is 17.6. The maximum Gasteiger partial charge on any atom is 0.401 e. The first-order valence-corrected chi connectivity index (χ1v) is 6.74. The molecule has 0 bridgehead atoms. The Labute approximate surface area is 116 Å². The predicted molar refractivity (Wildman–Crippen MR) is 67.0 cm³/mol. The van der Waals surface area contributed by atoms with E-state index in [2.05, 4.69) is 10.2 Å². The van der Waals surface area contributed by atoms with E-state index in [-0.39, 0.29) is 25.9 Å². The van der Waals surface area contributed by atoms with Crippen LogP contribution in [0.5, 0.6) is 0 Å². The number of nitrogens with zero attached hydrogens (tertiary/aromatic N) is 2. The molecule has 120 valence electrons. The number of piperazine rings is 1. The first-order chi connectivity index (χ1) is 9.18. The van der Waals surface area contributed by atoms with Gasteiger partial charge in [-0.05, 0) is 20.0 Å². The number of hydrogen-bond donors (Lipinski definition) is 1. The van der Waals surface area contributed by atoms with Crippen molar-refractivity contribution in [1.82, 2.24) is 15.1 Å². The molecule has 0 radical (unpaired) electrons. The van der Waals surface area contributed by atoms with Crippen LogP contribution in [0.25, 0.3) is 0 Å². The van der Waals surface area contributed by atoms with Crippen molar-refractivity contribution >= 4 is 0 Å². The molecule has 1 N–H and O–H groups in total. The van der Waals surface area contributed by atoms with E-state index >= 15 is 0 Å². The van der Waals surface area contributed by atoms with Crippen molar-refractivity contribution in [3.63, 3.8) is 0 Å². The Balaban J connectivity index is 2.14. The van der Waals surface area contributed by atoms with Crippen LogP contribution in [0.2, 0.25) is 0 Å². The SMILES string of the molecule is CN1CCN(CC(F)(F)CCCNCC(F)(F)F)CC1. The van der Waals surface area contributed by atoms with Crippen LogP contribution < -0.4 is 5.32 Å². The molecule has 1 heterocycles. The molecule has 3 nitrogen and oxygen atoms in total. The number of likely N-dealkylation sites (N-methyl/N-ethyl adjacent to an activating group) is 1. The highest BCUT2D eigenvalue weighted by Crippen LogP contribution is 2.22. The van der Waals surface area contributed by atoms with Crippen LogP contribution in [0.15, 0.2) is 0 Å². The van der Waals surface area contributed by atoms with Gasteiger partial charge in [-0.2, -0.15) is 13.2 Å². The molecule has 1 rings (SSSR count). The maximum absolute atomic E-state index is 13.7. The summed E-state index contributed by atoms with van der Waals surface area (Å²) < 4.78 is 62.8. The van der Waals surface area contributed by atoms with Crippen molar-refractivity contribution in [3.05, 3.63) is 0 Å². The summed E-state index contributed by atoms with van der Waals surface area (Å²) in [5, 5.41) is 2.13. The van der Waals surface area contributed by atoms with Crippen molar-refractivity contribution in [2.45, 2.75) is 24.9 Å². The molecule has 1 aliphatic heterocycles. The largest absolute Gasteiger partial charge is 0.401 e. The lowest BCUT2D eigenvalue weighted by atomic mass is 10.1. The lowest BCUT2D eigenvalue weighted by molar-refractivity contribution is -0.124. The van der Waals surface area contributed by atoms with E-state index in [1.165, 1.54) is 0 Å². The Bertz CT molecular complexity index is 275. The van der Waals surface area contributed by atoms with Gasteiger partial charge in [0.05, 0.1) is 13.1 Å². The van der Waals surface area contributed by atoms with Gasteiger partial charge < -0.3 is 10.2 Å². The highest BCUT2D eigenvalue weighted by Gasteiger charge is 2.32. The fourth-order valence-electron chi connectivity index (χ4n) is 2.11. The second kappa shape index (κ2) is 7.51. The summed E-state index contributed by atoms with van der Waals surface area (Å²) in [6, 6.07) is 0. The topological polar surface area (TPSA) is 18.5 Å². The Kier molecular flexibility index (Phi) is 6.60. The molecule has 0 aromatic carbocycles. The van der Waals surface area contributed by atoms with Gasteiger partial charge in [0.25, 0.3) is 5.92 Å². The third kappa shape index (κ3) is 7.96. The molecular weight excluding hydrogens is 281 g/mol. The lowest BCUT2D eigenvalue weighted by Gasteiger charge is -2.34. The Morgan fingerprint density at radius 2 is 1.60 bits per heavy atom. The van der Waals surface area contributed by atoms with Crippen molar-refractivity contribution in [3.8, 4) is 0 Å². The van der Waals surface area contributed by atoms with Gasteiger partial charge in [-0.15, -0.1) is 0 Å². The molecule has 0 aromatic rings. The average Bonchev–Trinajstić information content (AvgIpc) is 2.30. The van der Waals surface area contributed by atoms with E-state index < -0.39 is 18.6 Å². The summed E-state index contributed by atoms with van der Waals surface area (Å²) in [4.78, 5) is 3.79. The van der Waals surface area contributed by atoms with Crippen LogP contribution in [0.4, 0.5) is 22.0 Å². The first-order valence-electron chi connectivity index (χ1n) is 6.74. The molecule has 1 saturated heterocycles. The molecule has 0 atom stereocenters. The summed E-state index contributed by atoms with van der Waals surface area (Å²) in [7, 11) is 1.95. The van der Waals surface area contributed by atoms with Crippen molar-refractivity contribution in [1.29, 1.82) is 0 Å². The normalized spacial score (nSPS) is 19.5. The fraction of sp³-hybridized carbons (Fsp3) is 1.00. The number of nitrogens with one attached hydrogen (secondary N) is 1. The maximum atomic E-state index is 13.7. The zero-order valence-electron chi connectivity index (χ0n) is 11.6. The second-order valence-electron chi connectivity index (χ2n) is 5.33. The molecular formula is C12H22F5N3. The Hall–Kier alpha value is -0.470.